The molecule has 0 unspecified atom stereocenters. The zero-order chi connectivity index (χ0) is 13.8. The Morgan fingerprint density at radius 3 is 2.74 bits per heavy atom. The Morgan fingerprint density at radius 1 is 1.37 bits per heavy atom. The van der Waals surface area contributed by atoms with Crippen molar-refractivity contribution in [2.75, 3.05) is 20.1 Å². The molecule has 1 heterocycles. The Morgan fingerprint density at radius 2 is 2.11 bits per heavy atom. The number of nitrogens with one attached hydrogen (secondary N) is 1. The van der Waals surface area contributed by atoms with Crippen LogP contribution in [0.4, 0.5) is 0 Å². The molecule has 1 amide bonds. The summed E-state index contributed by atoms with van der Waals surface area (Å²) in [6.07, 6.45) is 2.24. The van der Waals surface area contributed by atoms with Crippen LogP contribution >= 0.6 is 0 Å². The maximum absolute atomic E-state index is 12.7. The number of amides is 1. The summed E-state index contributed by atoms with van der Waals surface area (Å²) in [5.74, 6) is 0.524. The summed E-state index contributed by atoms with van der Waals surface area (Å²) in [6, 6.07) is 8.29. The van der Waals surface area contributed by atoms with Gasteiger partial charge in [0.25, 0.3) is 5.91 Å². The van der Waals surface area contributed by atoms with Crippen molar-refractivity contribution in [3.05, 3.63) is 35.4 Å². The minimum Gasteiger partial charge on any atom is -0.337 e. The van der Waals surface area contributed by atoms with Gasteiger partial charge in [0.2, 0.25) is 0 Å². The molecule has 2 rings (SSSR count). The smallest absolute Gasteiger partial charge is 0.254 e. The molecule has 0 bridgehead atoms. The van der Waals surface area contributed by atoms with Crippen LogP contribution in [0.15, 0.2) is 24.3 Å². The average Bonchev–Trinajstić information content (AvgIpc) is 2.46. The van der Waals surface area contributed by atoms with E-state index in [1.807, 2.05) is 30.1 Å². The van der Waals surface area contributed by atoms with E-state index in [1.165, 1.54) is 0 Å². The molecule has 0 saturated carbocycles. The van der Waals surface area contributed by atoms with E-state index in [9.17, 15) is 4.79 Å². The number of piperidine rings is 1. The number of likely N-dealkylation sites (N-methyl/N-ethyl adjacent to an activating group) is 1. The fourth-order valence-corrected chi connectivity index (χ4v) is 2.72. The number of rotatable bonds is 3. The van der Waals surface area contributed by atoms with Crippen molar-refractivity contribution in [2.45, 2.75) is 38.6 Å². The van der Waals surface area contributed by atoms with E-state index in [0.29, 0.717) is 12.0 Å². The summed E-state index contributed by atoms with van der Waals surface area (Å²) < 4.78 is 0. The average molecular weight is 260 g/mol. The largest absolute Gasteiger partial charge is 0.337 e. The van der Waals surface area contributed by atoms with Gasteiger partial charge in [-0.2, -0.15) is 0 Å². The molecule has 1 fully saturated rings. The van der Waals surface area contributed by atoms with Crippen molar-refractivity contribution in [2.24, 2.45) is 0 Å². The third-order valence-electron chi connectivity index (χ3n) is 3.95. The van der Waals surface area contributed by atoms with Crippen LogP contribution in [0.2, 0.25) is 0 Å². The van der Waals surface area contributed by atoms with Crippen LogP contribution < -0.4 is 5.32 Å². The van der Waals surface area contributed by atoms with E-state index in [2.05, 4.69) is 25.2 Å². The van der Waals surface area contributed by atoms with Gasteiger partial charge in [0.05, 0.1) is 0 Å². The molecule has 3 nitrogen and oxygen atoms in total. The Balaban J connectivity index is 2.18. The molecule has 1 atom stereocenters. The third-order valence-corrected chi connectivity index (χ3v) is 3.95. The molecular formula is C16H24N2O. The molecular weight excluding hydrogens is 236 g/mol. The predicted molar refractivity (Wildman–Crippen MR) is 78.5 cm³/mol. The monoisotopic (exact) mass is 260 g/mol. The summed E-state index contributed by atoms with van der Waals surface area (Å²) in [5, 5.41) is 3.37. The molecule has 0 aromatic heterocycles. The van der Waals surface area contributed by atoms with Gasteiger partial charge in [-0.05, 0) is 36.9 Å². The highest BCUT2D eigenvalue weighted by atomic mass is 16.2. The zero-order valence-electron chi connectivity index (χ0n) is 12.1. The minimum absolute atomic E-state index is 0.151. The molecule has 0 radical (unpaired) electrons. The summed E-state index contributed by atoms with van der Waals surface area (Å²) in [6.45, 7) is 6.25. The first kappa shape index (κ1) is 14.1. The molecule has 0 spiro atoms. The molecule has 104 valence electrons. The van der Waals surface area contributed by atoms with Crippen LogP contribution in [0.25, 0.3) is 0 Å². The van der Waals surface area contributed by atoms with Crippen molar-refractivity contribution < 1.29 is 4.79 Å². The highest BCUT2D eigenvalue weighted by Gasteiger charge is 2.24. The second kappa shape index (κ2) is 6.20. The molecule has 1 aromatic carbocycles. The summed E-state index contributed by atoms with van der Waals surface area (Å²) in [7, 11) is 1.93. The standard InChI is InChI=1S/C16H24N2O/c1-12(2)14-8-4-5-9-15(14)16(19)18(3)13-7-6-10-17-11-13/h4-5,8-9,12-13,17H,6-7,10-11H2,1-3H3/t13-/m1/s1. The van der Waals surface area contributed by atoms with Gasteiger partial charge in [-0.15, -0.1) is 0 Å². The first-order valence-electron chi connectivity index (χ1n) is 7.18. The molecule has 3 heteroatoms. The fraction of sp³-hybridized carbons (Fsp3) is 0.562. The lowest BCUT2D eigenvalue weighted by molar-refractivity contribution is 0.0707. The Bertz CT molecular complexity index is 436. The third kappa shape index (κ3) is 3.16. The van der Waals surface area contributed by atoms with Crippen LogP contribution in [0.3, 0.4) is 0 Å². The lowest BCUT2D eigenvalue weighted by Gasteiger charge is -2.32. The molecule has 1 N–H and O–H groups in total. The van der Waals surface area contributed by atoms with E-state index in [0.717, 1.165) is 37.1 Å². The van der Waals surface area contributed by atoms with E-state index in [1.54, 1.807) is 0 Å². The maximum Gasteiger partial charge on any atom is 0.254 e. The van der Waals surface area contributed by atoms with Gasteiger partial charge >= 0.3 is 0 Å². The number of benzene rings is 1. The van der Waals surface area contributed by atoms with E-state index in [-0.39, 0.29) is 5.91 Å². The van der Waals surface area contributed by atoms with E-state index >= 15 is 0 Å². The number of carbonyl (C=O) groups excluding carboxylic acids is 1. The number of nitrogens with zero attached hydrogens (tertiary/aromatic N) is 1. The first-order chi connectivity index (χ1) is 9.11. The van der Waals surface area contributed by atoms with Crippen LogP contribution in [0, 0.1) is 0 Å². The molecule has 1 saturated heterocycles. The van der Waals surface area contributed by atoms with Crippen molar-refractivity contribution in [3.8, 4) is 0 Å². The number of carbonyl (C=O) groups is 1. The second-order valence-electron chi connectivity index (χ2n) is 5.66. The topological polar surface area (TPSA) is 32.3 Å². The quantitative estimate of drug-likeness (QED) is 0.906. The maximum atomic E-state index is 12.7. The van der Waals surface area contributed by atoms with Crippen molar-refractivity contribution >= 4 is 5.91 Å². The lowest BCUT2D eigenvalue weighted by atomic mass is 9.95. The lowest BCUT2D eigenvalue weighted by Crippen LogP contribution is -2.46. The van der Waals surface area contributed by atoms with Gasteiger partial charge in [-0.25, -0.2) is 0 Å². The predicted octanol–water partition coefficient (Wildman–Crippen LogP) is 2.63. The van der Waals surface area contributed by atoms with E-state index < -0.39 is 0 Å². The molecule has 1 aromatic rings. The van der Waals surface area contributed by atoms with Crippen LogP contribution in [0.1, 0.15) is 48.5 Å². The SMILES string of the molecule is CC(C)c1ccccc1C(=O)N(C)[C@@H]1CCCNC1. The normalized spacial score (nSPS) is 19.5. The van der Waals surface area contributed by atoms with Crippen molar-refractivity contribution in [1.82, 2.24) is 10.2 Å². The van der Waals surface area contributed by atoms with Gasteiger partial charge in [0.15, 0.2) is 0 Å². The molecule has 1 aliphatic rings. The highest BCUT2D eigenvalue weighted by molar-refractivity contribution is 5.96. The summed E-state index contributed by atoms with van der Waals surface area (Å²) in [4.78, 5) is 14.6. The zero-order valence-corrected chi connectivity index (χ0v) is 12.1. The van der Waals surface area contributed by atoms with Gasteiger partial charge in [0.1, 0.15) is 0 Å². The second-order valence-corrected chi connectivity index (χ2v) is 5.66. The Labute approximate surface area is 116 Å². The molecule has 0 aliphatic carbocycles. The number of hydrogen-bond acceptors (Lipinski definition) is 2. The summed E-state index contributed by atoms with van der Waals surface area (Å²) >= 11 is 0. The fourth-order valence-electron chi connectivity index (χ4n) is 2.72. The summed E-state index contributed by atoms with van der Waals surface area (Å²) in [5.41, 5.74) is 1.99. The van der Waals surface area contributed by atoms with Crippen LogP contribution in [-0.2, 0) is 0 Å². The van der Waals surface area contributed by atoms with Gasteiger partial charge in [-0.1, -0.05) is 32.0 Å². The minimum atomic E-state index is 0.151. The first-order valence-corrected chi connectivity index (χ1v) is 7.18. The molecule has 1 aliphatic heterocycles. The van der Waals surface area contributed by atoms with Crippen molar-refractivity contribution in [3.63, 3.8) is 0 Å². The van der Waals surface area contributed by atoms with E-state index in [4.69, 9.17) is 0 Å². The number of hydrogen-bond donors (Lipinski definition) is 1. The van der Waals surface area contributed by atoms with Crippen LogP contribution in [0.5, 0.6) is 0 Å². The highest BCUT2D eigenvalue weighted by Crippen LogP contribution is 2.21. The van der Waals surface area contributed by atoms with Crippen molar-refractivity contribution in [1.29, 1.82) is 0 Å². The Kier molecular flexibility index (Phi) is 4.59. The van der Waals surface area contributed by atoms with Crippen LogP contribution in [-0.4, -0.2) is 37.0 Å². The van der Waals surface area contributed by atoms with Gasteiger partial charge in [0, 0.05) is 25.2 Å². The van der Waals surface area contributed by atoms with Gasteiger partial charge in [-0.3, -0.25) is 4.79 Å². The molecule has 19 heavy (non-hydrogen) atoms. The Hall–Kier alpha value is -1.35. The van der Waals surface area contributed by atoms with Gasteiger partial charge < -0.3 is 10.2 Å².